The lowest BCUT2D eigenvalue weighted by Gasteiger charge is -2.05. The number of aromatic nitrogens is 2. The van der Waals surface area contributed by atoms with Gasteiger partial charge >= 0.3 is 5.69 Å². The van der Waals surface area contributed by atoms with Crippen molar-refractivity contribution in [2.45, 2.75) is 33.1 Å². The van der Waals surface area contributed by atoms with E-state index in [9.17, 15) is 4.79 Å². The van der Waals surface area contributed by atoms with Gasteiger partial charge in [0.2, 0.25) is 0 Å². The first-order valence-corrected chi connectivity index (χ1v) is 6.48. The number of aromatic amines is 1. The SMILES string of the molecule is CCCCc1ccc(-c2c(C)[nH]c(=O)n2C)cc1. The highest BCUT2D eigenvalue weighted by atomic mass is 16.1. The van der Waals surface area contributed by atoms with E-state index in [4.69, 9.17) is 0 Å². The van der Waals surface area contributed by atoms with Crippen LogP contribution in [0.2, 0.25) is 0 Å². The molecule has 0 aliphatic rings. The van der Waals surface area contributed by atoms with Crippen LogP contribution in [0.1, 0.15) is 31.0 Å². The second-order valence-electron chi connectivity index (χ2n) is 4.76. The molecule has 2 rings (SSSR count). The normalized spacial score (nSPS) is 10.8. The molecule has 2 aromatic rings. The Hall–Kier alpha value is -1.77. The monoisotopic (exact) mass is 244 g/mol. The number of H-pyrrole nitrogens is 1. The van der Waals surface area contributed by atoms with Crippen LogP contribution < -0.4 is 5.69 Å². The molecule has 3 heteroatoms. The van der Waals surface area contributed by atoms with Crippen LogP contribution in [0.15, 0.2) is 29.1 Å². The Morgan fingerprint density at radius 1 is 1.22 bits per heavy atom. The van der Waals surface area contributed by atoms with E-state index < -0.39 is 0 Å². The summed E-state index contributed by atoms with van der Waals surface area (Å²) in [4.78, 5) is 14.4. The Balaban J connectivity index is 2.31. The highest BCUT2D eigenvalue weighted by Gasteiger charge is 2.09. The number of nitrogens with one attached hydrogen (secondary N) is 1. The molecule has 96 valence electrons. The van der Waals surface area contributed by atoms with Gasteiger partial charge in [-0.25, -0.2) is 4.79 Å². The molecule has 0 bridgehead atoms. The molecule has 0 amide bonds. The molecule has 1 N–H and O–H groups in total. The first-order valence-electron chi connectivity index (χ1n) is 6.48. The van der Waals surface area contributed by atoms with Crippen molar-refractivity contribution in [3.8, 4) is 11.3 Å². The summed E-state index contributed by atoms with van der Waals surface area (Å²) >= 11 is 0. The molecule has 0 saturated carbocycles. The van der Waals surface area contributed by atoms with Gasteiger partial charge < -0.3 is 4.98 Å². The second kappa shape index (κ2) is 5.25. The van der Waals surface area contributed by atoms with Crippen LogP contribution in [-0.2, 0) is 13.5 Å². The molecule has 3 nitrogen and oxygen atoms in total. The number of unbranched alkanes of at least 4 members (excludes halogenated alkanes) is 1. The van der Waals surface area contributed by atoms with Gasteiger partial charge in [0.15, 0.2) is 0 Å². The maximum absolute atomic E-state index is 11.5. The fraction of sp³-hybridized carbons (Fsp3) is 0.400. The standard InChI is InChI=1S/C15H20N2O/c1-4-5-6-12-7-9-13(10-8-12)14-11(2)16-15(18)17(14)3/h7-10H,4-6H2,1-3H3,(H,16,18). The number of benzene rings is 1. The zero-order valence-electron chi connectivity index (χ0n) is 11.3. The van der Waals surface area contributed by atoms with E-state index in [1.807, 2.05) is 6.92 Å². The minimum atomic E-state index is -0.0578. The summed E-state index contributed by atoms with van der Waals surface area (Å²) in [7, 11) is 1.80. The minimum absolute atomic E-state index is 0.0578. The van der Waals surface area contributed by atoms with E-state index in [0.717, 1.165) is 23.4 Å². The number of rotatable bonds is 4. The number of aryl methyl sites for hydroxylation is 2. The molecule has 1 aromatic carbocycles. The zero-order valence-corrected chi connectivity index (χ0v) is 11.3. The molecule has 0 fully saturated rings. The third-order valence-electron chi connectivity index (χ3n) is 3.34. The Morgan fingerprint density at radius 2 is 1.89 bits per heavy atom. The molecule has 0 unspecified atom stereocenters. The first kappa shape index (κ1) is 12.7. The summed E-state index contributed by atoms with van der Waals surface area (Å²) in [6.07, 6.45) is 3.57. The summed E-state index contributed by atoms with van der Waals surface area (Å²) in [5, 5.41) is 0. The highest BCUT2D eigenvalue weighted by molar-refractivity contribution is 5.62. The van der Waals surface area contributed by atoms with Crippen molar-refractivity contribution in [1.82, 2.24) is 9.55 Å². The van der Waals surface area contributed by atoms with Crippen molar-refractivity contribution in [3.63, 3.8) is 0 Å². The predicted octanol–water partition coefficient (Wildman–Crippen LogP) is 3.03. The van der Waals surface area contributed by atoms with Crippen molar-refractivity contribution < 1.29 is 0 Å². The van der Waals surface area contributed by atoms with Crippen molar-refractivity contribution in [1.29, 1.82) is 0 Å². The molecule has 0 atom stereocenters. The van der Waals surface area contributed by atoms with Crippen molar-refractivity contribution in [2.24, 2.45) is 7.05 Å². The van der Waals surface area contributed by atoms with E-state index in [1.165, 1.54) is 18.4 Å². The van der Waals surface area contributed by atoms with Gasteiger partial charge in [0, 0.05) is 18.3 Å². The summed E-state index contributed by atoms with van der Waals surface area (Å²) in [6.45, 7) is 4.13. The summed E-state index contributed by atoms with van der Waals surface area (Å²) in [5.74, 6) is 0. The zero-order chi connectivity index (χ0) is 13.1. The molecule has 0 aliphatic carbocycles. The quantitative estimate of drug-likeness (QED) is 0.882. The van der Waals surface area contributed by atoms with Crippen LogP contribution >= 0.6 is 0 Å². The van der Waals surface area contributed by atoms with Gasteiger partial charge in [-0.15, -0.1) is 0 Å². The molecular formula is C15H20N2O. The number of imidazole rings is 1. The molecule has 0 radical (unpaired) electrons. The largest absolute Gasteiger partial charge is 0.325 e. The summed E-state index contributed by atoms with van der Waals surface area (Å²) < 4.78 is 1.66. The van der Waals surface area contributed by atoms with E-state index >= 15 is 0 Å². The molecule has 0 spiro atoms. The Labute approximate surface area is 107 Å². The predicted molar refractivity (Wildman–Crippen MR) is 74.8 cm³/mol. The van der Waals surface area contributed by atoms with Gasteiger partial charge in [0.05, 0.1) is 5.69 Å². The molecule has 1 aromatic heterocycles. The third kappa shape index (κ3) is 2.40. The van der Waals surface area contributed by atoms with Crippen LogP contribution in [-0.4, -0.2) is 9.55 Å². The average molecular weight is 244 g/mol. The van der Waals surface area contributed by atoms with Gasteiger partial charge in [0.25, 0.3) is 0 Å². The maximum Gasteiger partial charge on any atom is 0.325 e. The molecular weight excluding hydrogens is 224 g/mol. The minimum Gasteiger partial charge on any atom is -0.309 e. The Morgan fingerprint density at radius 3 is 2.39 bits per heavy atom. The summed E-state index contributed by atoms with van der Waals surface area (Å²) in [5.41, 5.74) is 4.29. The van der Waals surface area contributed by atoms with Gasteiger partial charge in [-0.3, -0.25) is 4.57 Å². The Kier molecular flexibility index (Phi) is 3.70. The summed E-state index contributed by atoms with van der Waals surface area (Å²) in [6, 6.07) is 8.50. The van der Waals surface area contributed by atoms with Crippen LogP contribution in [0.5, 0.6) is 0 Å². The fourth-order valence-electron chi connectivity index (χ4n) is 2.28. The fourth-order valence-corrected chi connectivity index (χ4v) is 2.28. The second-order valence-corrected chi connectivity index (χ2v) is 4.76. The van der Waals surface area contributed by atoms with Gasteiger partial charge in [-0.1, -0.05) is 37.6 Å². The number of hydrogen-bond donors (Lipinski definition) is 1. The van der Waals surface area contributed by atoms with Gasteiger partial charge in [-0.05, 0) is 25.3 Å². The van der Waals surface area contributed by atoms with Crippen molar-refractivity contribution in [3.05, 3.63) is 46.0 Å². The van der Waals surface area contributed by atoms with E-state index in [1.54, 1.807) is 11.6 Å². The van der Waals surface area contributed by atoms with Gasteiger partial charge in [0.1, 0.15) is 0 Å². The van der Waals surface area contributed by atoms with Crippen molar-refractivity contribution >= 4 is 0 Å². The molecule has 0 saturated heterocycles. The molecule has 0 aliphatic heterocycles. The number of hydrogen-bond acceptors (Lipinski definition) is 1. The number of nitrogens with zero attached hydrogens (tertiary/aromatic N) is 1. The molecule has 1 heterocycles. The van der Waals surface area contributed by atoms with E-state index in [-0.39, 0.29) is 5.69 Å². The lowest BCUT2D eigenvalue weighted by Crippen LogP contribution is -2.13. The van der Waals surface area contributed by atoms with Gasteiger partial charge in [-0.2, -0.15) is 0 Å². The van der Waals surface area contributed by atoms with E-state index in [2.05, 4.69) is 36.2 Å². The third-order valence-corrected chi connectivity index (χ3v) is 3.34. The maximum atomic E-state index is 11.5. The lowest BCUT2D eigenvalue weighted by atomic mass is 10.0. The topological polar surface area (TPSA) is 37.8 Å². The Bertz CT molecular complexity index is 576. The lowest BCUT2D eigenvalue weighted by molar-refractivity contribution is 0.795. The van der Waals surface area contributed by atoms with Crippen LogP contribution in [0, 0.1) is 6.92 Å². The van der Waals surface area contributed by atoms with Crippen LogP contribution in [0.3, 0.4) is 0 Å². The highest BCUT2D eigenvalue weighted by Crippen LogP contribution is 2.21. The average Bonchev–Trinajstić information content (AvgIpc) is 2.62. The smallest absolute Gasteiger partial charge is 0.309 e. The first-order chi connectivity index (χ1) is 8.63. The van der Waals surface area contributed by atoms with Crippen molar-refractivity contribution in [2.75, 3.05) is 0 Å². The molecule has 18 heavy (non-hydrogen) atoms. The van der Waals surface area contributed by atoms with Crippen LogP contribution in [0.25, 0.3) is 11.3 Å². The van der Waals surface area contributed by atoms with E-state index in [0.29, 0.717) is 0 Å². The van der Waals surface area contributed by atoms with Crippen LogP contribution in [0.4, 0.5) is 0 Å².